The molecule has 0 spiro atoms. The number of ether oxygens (including phenoxy) is 1. The van der Waals surface area contributed by atoms with Crippen LogP contribution in [0.25, 0.3) is 12.2 Å². The van der Waals surface area contributed by atoms with Gasteiger partial charge in [0.15, 0.2) is 9.84 Å². The van der Waals surface area contributed by atoms with Crippen molar-refractivity contribution in [1.82, 2.24) is 25.6 Å². The van der Waals surface area contributed by atoms with E-state index in [-0.39, 0.29) is 11.0 Å². The molecule has 1 unspecified atom stereocenters. The Balaban J connectivity index is 1.37. The van der Waals surface area contributed by atoms with E-state index >= 15 is 0 Å². The number of rotatable bonds is 4. The van der Waals surface area contributed by atoms with Crippen molar-refractivity contribution in [1.29, 1.82) is 0 Å². The fraction of sp³-hybridized carbons (Fsp3) is 0.267. The van der Waals surface area contributed by atoms with Crippen molar-refractivity contribution < 1.29 is 13.2 Å². The van der Waals surface area contributed by atoms with Crippen LogP contribution in [0.4, 0.5) is 0 Å². The predicted molar refractivity (Wildman–Crippen MR) is 158 cm³/mol. The van der Waals surface area contributed by atoms with Gasteiger partial charge in [-0.15, -0.1) is 0 Å². The predicted octanol–water partition coefficient (Wildman–Crippen LogP) is 1.44. The molecule has 1 fully saturated rings. The van der Waals surface area contributed by atoms with Crippen LogP contribution in [0, 0.1) is 0 Å². The van der Waals surface area contributed by atoms with Crippen molar-refractivity contribution in [2.45, 2.75) is 30.9 Å². The van der Waals surface area contributed by atoms with Crippen LogP contribution in [-0.2, 0) is 15.4 Å². The van der Waals surface area contributed by atoms with Gasteiger partial charge in [0.25, 0.3) is 0 Å². The van der Waals surface area contributed by atoms with E-state index in [2.05, 4.69) is 30.6 Å². The lowest BCUT2D eigenvalue weighted by Gasteiger charge is -2.29. The molecule has 2 aromatic heterocycles. The minimum Gasteiger partial charge on any atom is -0.474 e. The first-order valence-electron chi connectivity index (χ1n) is 13.6. The maximum Gasteiger partial charge on any atom is 0.216 e. The first-order valence-corrected chi connectivity index (χ1v) is 15.5. The largest absolute Gasteiger partial charge is 0.474 e. The van der Waals surface area contributed by atoms with Gasteiger partial charge in [-0.1, -0.05) is 6.08 Å². The molecule has 0 aliphatic carbocycles. The number of sulfone groups is 1. The summed E-state index contributed by atoms with van der Waals surface area (Å²) in [7, 11) is -3.67. The summed E-state index contributed by atoms with van der Waals surface area (Å²) in [6.45, 7) is 1.81. The summed E-state index contributed by atoms with van der Waals surface area (Å²) in [4.78, 5) is 22.0. The Morgan fingerprint density at radius 2 is 1.73 bits per heavy atom. The van der Waals surface area contributed by atoms with E-state index in [0.717, 1.165) is 48.0 Å². The summed E-state index contributed by atoms with van der Waals surface area (Å²) in [5.74, 6) is 0.490. The number of hydrogen-bond donors (Lipinski definition) is 3. The summed E-state index contributed by atoms with van der Waals surface area (Å²) in [6, 6.07) is 5.76. The molecule has 3 N–H and O–H groups in total. The lowest BCUT2D eigenvalue weighted by atomic mass is 9.91. The van der Waals surface area contributed by atoms with Gasteiger partial charge in [0.2, 0.25) is 5.88 Å². The van der Waals surface area contributed by atoms with Crippen LogP contribution in [0.2, 0.25) is 0 Å². The second kappa shape index (κ2) is 9.93. The van der Waals surface area contributed by atoms with E-state index in [4.69, 9.17) is 9.73 Å². The Bertz CT molecular complexity index is 1890. The molecule has 7 rings (SSSR count). The van der Waals surface area contributed by atoms with Gasteiger partial charge in [-0.05, 0) is 80.6 Å². The number of aromatic nitrogens is 3. The van der Waals surface area contributed by atoms with Gasteiger partial charge in [0, 0.05) is 29.4 Å². The molecule has 1 saturated heterocycles. The third kappa shape index (κ3) is 5.14. The molecule has 5 aliphatic rings. The molecule has 0 saturated carbocycles. The SMILES string of the molecule is CS(=O)(=O)C1=C2C=CC(=N2)C=c2ccc([nH]2)=CC2=NC(=CC3(c4cc(OC5CCNCC5)ncn4)CC=C1N3)C=C2. The standard InChI is InChI=1S/C30H29N7O3S/c1-41(38,39)29-25-7-6-22(36-25)15-20-3-2-19(34-20)14-21-4-5-23(35-21)17-30(11-8-26(29)37-30)27-16-28(33-18-32-27)40-24-9-12-31-13-10-24/h2-8,14-18,24,31,34,37H,9-13H2,1H3. The smallest absolute Gasteiger partial charge is 0.216 e. The van der Waals surface area contributed by atoms with Crippen LogP contribution in [0.15, 0.2) is 93.0 Å². The molecule has 0 aromatic carbocycles. The zero-order chi connectivity index (χ0) is 28.0. The molecule has 0 amide bonds. The molecule has 208 valence electrons. The van der Waals surface area contributed by atoms with Crippen LogP contribution in [0.1, 0.15) is 25.0 Å². The molecule has 11 heteroatoms. The Hall–Kier alpha value is -4.35. The van der Waals surface area contributed by atoms with E-state index in [9.17, 15) is 8.42 Å². The van der Waals surface area contributed by atoms with Gasteiger partial charge in [-0.25, -0.2) is 28.4 Å². The number of allylic oxidation sites excluding steroid dienone is 4. The highest BCUT2D eigenvalue weighted by molar-refractivity contribution is 7.94. The van der Waals surface area contributed by atoms with Gasteiger partial charge in [-0.3, -0.25) is 0 Å². The maximum absolute atomic E-state index is 13.2. The minimum absolute atomic E-state index is 0.0747. The monoisotopic (exact) mass is 567 g/mol. The lowest BCUT2D eigenvalue weighted by Crippen LogP contribution is -2.38. The molecule has 1 atom stereocenters. The molecule has 10 nitrogen and oxygen atoms in total. The van der Waals surface area contributed by atoms with Gasteiger partial charge in [0.05, 0.1) is 34.2 Å². The zero-order valence-corrected chi connectivity index (χ0v) is 23.3. The molecule has 5 aliphatic heterocycles. The Labute approximate surface area is 237 Å². The Kier molecular flexibility index (Phi) is 6.20. The van der Waals surface area contributed by atoms with Crippen LogP contribution < -0.4 is 26.1 Å². The minimum atomic E-state index is -3.67. The number of nitrogens with zero attached hydrogens (tertiary/aromatic N) is 4. The van der Waals surface area contributed by atoms with Crippen molar-refractivity contribution in [3.63, 3.8) is 0 Å². The molecule has 8 bridgehead atoms. The summed E-state index contributed by atoms with van der Waals surface area (Å²) in [5, 5.41) is 8.62. The number of H-pyrrole nitrogens is 1. The third-order valence-corrected chi connectivity index (χ3v) is 8.75. The quantitative estimate of drug-likeness (QED) is 0.509. The van der Waals surface area contributed by atoms with E-state index in [0.29, 0.717) is 35.1 Å². The fourth-order valence-electron chi connectivity index (χ4n) is 5.66. The highest BCUT2D eigenvalue weighted by atomic mass is 32.2. The average molecular weight is 568 g/mol. The van der Waals surface area contributed by atoms with E-state index in [1.165, 1.54) is 12.6 Å². The van der Waals surface area contributed by atoms with E-state index in [1.54, 1.807) is 6.08 Å². The fourth-order valence-corrected chi connectivity index (χ4v) is 6.69. The van der Waals surface area contributed by atoms with Crippen LogP contribution in [0.3, 0.4) is 0 Å². The number of fused-ring (bicyclic) bond motifs is 6. The van der Waals surface area contributed by atoms with E-state index < -0.39 is 15.4 Å². The number of nitrogens with one attached hydrogen (secondary N) is 3. The number of piperidine rings is 1. The zero-order valence-electron chi connectivity index (χ0n) is 22.5. The second-order valence-corrected chi connectivity index (χ2v) is 12.6. The third-order valence-electron chi connectivity index (χ3n) is 7.58. The van der Waals surface area contributed by atoms with Crippen molar-refractivity contribution in [2.75, 3.05) is 19.3 Å². The average Bonchev–Trinajstić information content (AvgIpc) is 3.75. The summed E-state index contributed by atoms with van der Waals surface area (Å²) in [6.07, 6.45) is 20.2. The molecular formula is C30H29N7O3S. The van der Waals surface area contributed by atoms with Gasteiger partial charge in [0.1, 0.15) is 22.9 Å². The number of aromatic amines is 1. The molecule has 7 heterocycles. The van der Waals surface area contributed by atoms with Crippen molar-refractivity contribution in [3.8, 4) is 5.88 Å². The second-order valence-electron chi connectivity index (χ2n) is 10.7. The lowest BCUT2D eigenvalue weighted by molar-refractivity contribution is 0.155. The maximum atomic E-state index is 13.2. The summed E-state index contributed by atoms with van der Waals surface area (Å²) in [5.41, 5.74) is 2.80. The Morgan fingerprint density at radius 1 is 0.976 bits per heavy atom. The highest BCUT2D eigenvalue weighted by Gasteiger charge is 2.40. The normalized spacial score (nSPS) is 23.7. The molecule has 41 heavy (non-hydrogen) atoms. The summed E-state index contributed by atoms with van der Waals surface area (Å²) < 4.78 is 32.6. The van der Waals surface area contributed by atoms with Crippen LogP contribution in [0.5, 0.6) is 5.88 Å². The van der Waals surface area contributed by atoms with E-state index in [1.807, 2.05) is 60.7 Å². The van der Waals surface area contributed by atoms with Crippen molar-refractivity contribution >= 4 is 33.4 Å². The van der Waals surface area contributed by atoms with Gasteiger partial charge >= 0.3 is 0 Å². The molecule has 0 radical (unpaired) electrons. The van der Waals surface area contributed by atoms with Gasteiger partial charge < -0.3 is 20.4 Å². The highest BCUT2D eigenvalue weighted by Crippen LogP contribution is 2.39. The summed E-state index contributed by atoms with van der Waals surface area (Å²) >= 11 is 0. The number of hydrogen-bond acceptors (Lipinski definition) is 9. The number of aliphatic imine (C=N–C) groups is 2. The first-order chi connectivity index (χ1) is 19.8. The van der Waals surface area contributed by atoms with Gasteiger partial charge in [-0.2, -0.15) is 0 Å². The van der Waals surface area contributed by atoms with Crippen molar-refractivity contribution in [3.05, 3.63) is 99.4 Å². The first kappa shape index (κ1) is 25.6. The molecular weight excluding hydrogens is 538 g/mol. The van der Waals surface area contributed by atoms with Crippen molar-refractivity contribution in [2.24, 2.45) is 9.98 Å². The topological polar surface area (TPSA) is 134 Å². The van der Waals surface area contributed by atoms with Crippen LogP contribution in [-0.4, -0.2) is 60.2 Å². The van der Waals surface area contributed by atoms with Crippen LogP contribution >= 0.6 is 0 Å². The molecule has 2 aromatic rings. The Morgan fingerprint density at radius 3 is 2.51 bits per heavy atom.